The minimum absolute atomic E-state index is 0. The molecular formula is C26H22Y3-4. The van der Waals surface area contributed by atoms with Gasteiger partial charge in [-0.3, -0.25) is 0 Å². The van der Waals surface area contributed by atoms with Crippen LogP contribution in [0.15, 0.2) is 97.1 Å². The van der Waals surface area contributed by atoms with Crippen molar-refractivity contribution in [2.75, 3.05) is 0 Å². The molecule has 0 bridgehead atoms. The molecule has 4 aromatic carbocycles. The average Bonchev–Trinajstić information content (AvgIpc) is 2.78. The number of benzene rings is 4. The first-order valence-corrected chi connectivity index (χ1v) is 8.81. The summed E-state index contributed by atoms with van der Waals surface area (Å²) in [6.07, 6.45) is 0. The second kappa shape index (κ2) is 20.1. The normalized spacial score (nSPS) is 8.21. The Labute approximate surface area is 251 Å². The van der Waals surface area contributed by atoms with Gasteiger partial charge in [0.2, 0.25) is 0 Å². The van der Waals surface area contributed by atoms with Crippen molar-refractivity contribution in [3.8, 4) is 22.3 Å². The van der Waals surface area contributed by atoms with Crippen LogP contribution in [-0.2, 0) is 98.1 Å². The average molecular weight is 601 g/mol. The SMILES string of the molecule is CC.[Y].[Y].[Y].[c-]1ccccc1-c1[c-]cccc1.[c-]1ccccc1-c1[c-]cccc1. The van der Waals surface area contributed by atoms with Crippen LogP contribution < -0.4 is 0 Å². The molecule has 0 aliphatic carbocycles. The van der Waals surface area contributed by atoms with Crippen molar-refractivity contribution in [3.63, 3.8) is 0 Å². The monoisotopic (exact) mass is 601 g/mol. The molecule has 0 saturated heterocycles. The van der Waals surface area contributed by atoms with E-state index in [1.165, 1.54) is 0 Å². The Kier molecular flexibility index (Phi) is 21.8. The van der Waals surface area contributed by atoms with Gasteiger partial charge in [-0.2, -0.15) is 97.1 Å². The smallest absolute Gasteiger partial charge is 0 e. The molecule has 0 aromatic heterocycles. The Morgan fingerprint density at radius 1 is 0.379 bits per heavy atom. The first-order chi connectivity index (χ1) is 12.9. The van der Waals surface area contributed by atoms with E-state index < -0.39 is 0 Å². The fourth-order valence-electron chi connectivity index (χ4n) is 2.24. The van der Waals surface area contributed by atoms with Crippen molar-refractivity contribution < 1.29 is 98.1 Å². The van der Waals surface area contributed by atoms with Gasteiger partial charge in [0.05, 0.1) is 0 Å². The molecule has 0 N–H and O–H groups in total. The van der Waals surface area contributed by atoms with E-state index in [2.05, 4.69) is 24.3 Å². The molecule has 139 valence electrons. The summed E-state index contributed by atoms with van der Waals surface area (Å²) < 4.78 is 0. The van der Waals surface area contributed by atoms with Crippen LogP contribution in [0.3, 0.4) is 0 Å². The maximum Gasteiger partial charge on any atom is 0 e. The van der Waals surface area contributed by atoms with Crippen molar-refractivity contribution in [1.82, 2.24) is 0 Å². The zero-order chi connectivity index (χ0) is 18.5. The maximum absolute atomic E-state index is 3.15. The quantitative estimate of drug-likeness (QED) is 0.219. The molecule has 0 saturated carbocycles. The molecule has 0 spiro atoms. The minimum atomic E-state index is 0. The second-order valence-corrected chi connectivity index (χ2v) is 5.10. The molecule has 3 heteroatoms. The Balaban J connectivity index is 0. The van der Waals surface area contributed by atoms with Gasteiger partial charge in [-0.1, -0.05) is 13.8 Å². The van der Waals surface area contributed by atoms with Crippen LogP contribution in [0.25, 0.3) is 22.3 Å². The summed E-state index contributed by atoms with van der Waals surface area (Å²) in [5, 5.41) is 0. The number of hydrogen-bond acceptors (Lipinski definition) is 0. The molecule has 3 radical (unpaired) electrons. The summed E-state index contributed by atoms with van der Waals surface area (Å²) in [4.78, 5) is 0. The largest absolute Gasteiger partial charge is 0.226 e. The van der Waals surface area contributed by atoms with Crippen molar-refractivity contribution in [1.29, 1.82) is 0 Å². The molecular weight excluding hydrogens is 579 g/mol. The van der Waals surface area contributed by atoms with Gasteiger partial charge in [-0.15, -0.1) is 24.3 Å². The third kappa shape index (κ3) is 12.0. The first-order valence-electron chi connectivity index (χ1n) is 8.81. The summed E-state index contributed by atoms with van der Waals surface area (Å²) in [6, 6.07) is 44.3. The topological polar surface area (TPSA) is 0 Å². The van der Waals surface area contributed by atoms with Crippen LogP contribution in [-0.4, -0.2) is 0 Å². The fraction of sp³-hybridized carbons (Fsp3) is 0.0769. The molecule has 0 nitrogen and oxygen atoms in total. The molecule has 0 aliphatic rings. The summed E-state index contributed by atoms with van der Waals surface area (Å²) in [5.74, 6) is 0. The molecule has 0 unspecified atom stereocenters. The summed E-state index contributed by atoms with van der Waals surface area (Å²) in [5.41, 5.74) is 4.38. The van der Waals surface area contributed by atoms with E-state index in [1.54, 1.807) is 0 Å². The van der Waals surface area contributed by atoms with E-state index in [9.17, 15) is 0 Å². The zero-order valence-electron chi connectivity index (χ0n) is 17.0. The second-order valence-electron chi connectivity index (χ2n) is 5.10. The summed E-state index contributed by atoms with van der Waals surface area (Å²) >= 11 is 0. The molecule has 0 heterocycles. The number of hydrogen-bond donors (Lipinski definition) is 0. The van der Waals surface area contributed by atoms with Crippen LogP contribution in [0, 0.1) is 24.3 Å². The third-order valence-corrected chi connectivity index (χ3v) is 3.42. The molecule has 0 atom stereocenters. The molecule has 0 aliphatic heterocycles. The molecule has 4 rings (SSSR count). The Hall–Kier alpha value is 0.192. The molecule has 4 aromatic rings. The molecule has 0 amide bonds. The van der Waals surface area contributed by atoms with E-state index in [1.807, 2.05) is 111 Å². The summed E-state index contributed by atoms with van der Waals surface area (Å²) in [6.45, 7) is 4.00. The van der Waals surface area contributed by atoms with Crippen molar-refractivity contribution in [2.24, 2.45) is 0 Å². The van der Waals surface area contributed by atoms with Gasteiger partial charge in [0.15, 0.2) is 0 Å². The molecule has 29 heavy (non-hydrogen) atoms. The predicted molar refractivity (Wildman–Crippen MR) is 110 cm³/mol. The Bertz CT molecular complexity index is 684. The van der Waals surface area contributed by atoms with Crippen LogP contribution in [0.2, 0.25) is 0 Å². The van der Waals surface area contributed by atoms with E-state index >= 15 is 0 Å². The molecule has 0 fully saturated rings. The predicted octanol–water partition coefficient (Wildman–Crippen LogP) is 6.93. The Morgan fingerprint density at radius 3 is 0.724 bits per heavy atom. The van der Waals surface area contributed by atoms with Crippen molar-refractivity contribution in [3.05, 3.63) is 121 Å². The Morgan fingerprint density at radius 2 is 0.586 bits per heavy atom. The van der Waals surface area contributed by atoms with Crippen LogP contribution in [0.5, 0.6) is 0 Å². The standard InChI is InChI=1S/2C12H8.C2H6.3Y/c2*1-3-7-11(8-4-1)12-9-5-2-6-10-12;1-2;;;/h2*1-7,9H;1-2H3;;;/q2*-2;;;;. The minimum Gasteiger partial charge on any atom is -0.226 e. The third-order valence-electron chi connectivity index (χ3n) is 3.42. The van der Waals surface area contributed by atoms with Crippen LogP contribution in [0.4, 0.5) is 0 Å². The van der Waals surface area contributed by atoms with Gasteiger partial charge >= 0.3 is 0 Å². The van der Waals surface area contributed by atoms with Crippen molar-refractivity contribution >= 4 is 0 Å². The zero-order valence-corrected chi connectivity index (χ0v) is 25.5. The van der Waals surface area contributed by atoms with Crippen LogP contribution in [0.1, 0.15) is 13.8 Å². The van der Waals surface area contributed by atoms with Gasteiger partial charge in [0.25, 0.3) is 0 Å². The van der Waals surface area contributed by atoms with Gasteiger partial charge in [-0.25, -0.2) is 22.3 Å². The maximum atomic E-state index is 3.15. The van der Waals surface area contributed by atoms with Crippen molar-refractivity contribution in [2.45, 2.75) is 13.8 Å². The van der Waals surface area contributed by atoms with E-state index in [0.29, 0.717) is 0 Å². The summed E-state index contributed by atoms with van der Waals surface area (Å²) in [7, 11) is 0. The van der Waals surface area contributed by atoms with Gasteiger partial charge in [0.1, 0.15) is 0 Å². The van der Waals surface area contributed by atoms with E-state index in [-0.39, 0.29) is 98.1 Å². The van der Waals surface area contributed by atoms with Gasteiger partial charge in [0, 0.05) is 98.1 Å². The van der Waals surface area contributed by atoms with E-state index in [0.717, 1.165) is 22.3 Å². The number of rotatable bonds is 2. The van der Waals surface area contributed by atoms with Gasteiger partial charge in [-0.05, 0) is 0 Å². The van der Waals surface area contributed by atoms with E-state index in [4.69, 9.17) is 0 Å². The fourth-order valence-corrected chi connectivity index (χ4v) is 2.24. The first kappa shape index (κ1) is 31.4. The van der Waals surface area contributed by atoms with Crippen LogP contribution >= 0.6 is 0 Å². The van der Waals surface area contributed by atoms with Gasteiger partial charge < -0.3 is 0 Å².